The second-order valence-corrected chi connectivity index (χ2v) is 10.5. The Kier molecular flexibility index (Phi) is 6.10. The van der Waals surface area contributed by atoms with E-state index in [0.29, 0.717) is 13.1 Å². The van der Waals surface area contributed by atoms with E-state index in [1.54, 1.807) is 0 Å². The van der Waals surface area contributed by atoms with Crippen LogP contribution >= 0.6 is 0 Å². The molecule has 33 heavy (non-hydrogen) atoms. The fraction of sp³-hybridized carbons (Fsp3) is 0.720. The second kappa shape index (κ2) is 8.77. The number of ether oxygens (including phenoxy) is 1. The van der Waals surface area contributed by atoms with Crippen LogP contribution in [-0.2, 0) is 24.2 Å². The number of rotatable bonds is 4. The summed E-state index contributed by atoms with van der Waals surface area (Å²) in [5.41, 5.74) is 4.62. The Morgan fingerprint density at radius 3 is 2.58 bits per heavy atom. The van der Waals surface area contributed by atoms with Gasteiger partial charge < -0.3 is 9.64 Å². The van der Waals surface area contributed by atoms with E-state index in [4.69, 9.17) is 0 Å². The molecule has 3 heterocycles. The fourth-order valence-electron chi connectivity index (χ4n) is 5.84. The average molecular weight is 466 g/mol. The van der Waals surface area contributed by atoms with E-state index < -0.39 is 18.4 Å². The third kappa shape index (κ3) is 5.02. The summed E-state index contributed by atoms with van der Waals surface area (Å²) in [6, 6.07) is 7.54. The lowest BCUT2D eigenvalue weighted by Gasteiger charge is -2.39. The molecule has 3 aliphatic heterocycles. The second-order valence-electron chi connectivity index (χ2n) is 10.5. The Morgan fingerprint density at radius 1 is 1.15 bits per heavy atom. The van der Waals surface area contributed by atoms with Crippen molar-refractivity contribution in [2.45, 2.75) is 76.9 Å². The molecular formula is C25H34F3N3O2. The highest BCUT2D eigenvalue weighted by Gasteiger charge is 2.44. The molecule has 0 bridgehead atoms. The lowest BCUT2D eigenvalue weighted by atomic mass is 9.78. The van der Waals surface area contributed by atoms with Crippen molar-refractivity contribution in [1.29, 1.82) is 0 Å². The van der Waals surface area contributed by atoms with E-state index in [2.05, 4.69) is 32.7 Å². The molecule has 2 saturated heterocycles. The number of alkyl halides is 3. The van der Waals surface area contributed by atoms with Gasteiger partial charge in [0.1, 0.15) is 0 Å². The van der Waals surface area contributed by atoms with Crippen molar-refractivity contribution in [3.63, 3.8) is 0 Å². The molecule has 1 aliphatic carbocycles. The van der Waals surface area contributed by atoms with E-state index in [0.717, 1.165) is 64.8 Å². The Bertz CT molecular complexity index is 878. The summed E-state index contributed by atoms with van der Waals surface area (Å²) in [6.45, 7) is 7.04. The van der Waals surface area contributed by atoms with Gasteiger partial charge in [-0.05, 0) is 74.1 Å². The van der Waals surface area contributed by atoms with Gasteiger partial charge in [0.05, 0.1) is 0 Å². The third-order valence-electron chi connectivity index (χ3n) is 8.20. The van der Waals surface area contributed by atoms with Crippen LogP contribution in [0.2, 0.25) is 0 Å². The first-order chi connectivity index (χ1) is 15.7. The van der Waals surface area contributed by atoms with Gasteiger partial charge >= 0.3 is 12.3 Å². The van der Waals surface area contributed by atoms with Gasteiger partial charge in [-0.2, -0.15) is 13.2 Å². The standard InChI is InChI=1S/C25H34F3N3O2/c1-18(25(26,27)28)33-23(32)30-13-9-24(10-14-30)8-12-29(17-24)15-20-4-2-3-19-7-11-31(16-22(19)20)21-5-6-21/h2-4,18,21H,5-17H2,1H3. The number of hydrogen-bond donors (Lipinski definition) is 0. The molecule has 3 fully saturated rings. The zero-order valence-corrected chi connectivity index (χ0v) is 19.4. The van der Waals surface area contributed by atoms with E-state index in [1.807, 2.05) is 0 Å². The molecule has 1 spiro atoms. The lowest BCUT2D eigenvalue weighted by Crippen LogP contribution is -2.46. The first kappa shape index (κ1) is 23.0. The van der Waals surface area contributed by atoms with Crippen LogP contribution in [0.1, 0.15) is 55.7 Å². The molecule has 0 N–H and O–H groups in total. The number of carbonyl (C=O) groups excluding carboxylic acids is 1. The van der Waals surface area contributed by atoms with Crippen molar-refractivity contribution < 1.29 is 22.7 Å². The molecule has 1 aromatic carbocycles. The van der Waals surface area contributed by atoms with Crippen molar-refractivity contribution in [3.8, 4) is 0 Å². The number of halogens is 3. The van der Waals surface area contributed by atoms with Crippen LogP contribution in [0.3, 0.4) is 0 Å². The number of piperidine rings is 1. The summed E-state index contributed by atoms with van der Waals surface area (Å²) >= 11 is 0. The van der Waals surface area contributed by atoms with E-state index in [9.17, 15) is 18.0 Å². The largest absolute Gasteiger partial charge is 0.437 e. The van der Waals surface area contributed by atoms with Crippen LogP contribution in [0.5, 0.6) is 0 Å². The molecule has 5 nitrogen and oxygen atoms in total. The molecule has 1 unspecified atom stereocenters. The predicted molar refractivity (Wildman–Crippen MR) is 119 cm³/mol. The number of nitrogens with zero attached hydrogens (tertiary/aromatic N) is 3. The van der Waals surface area contributed by atoms with E-state index in [-0.39, 0.29) is 5.41 Å². The van der Waals surface area contributed by atoms with Gasteiger partial charge in [0.15, 0.2) is 6.10 Å². The molecule has 1 saturated carbocycles. The highest BCUT2D eigenvalue weighted by atomic mass is 19.4. The van der Waals surface area contributed by atoms with Gasteiger partial charge in [-0.3, -0.25) is 9.80 Å². The van der Waals surface area contributed by atoms with Crippen molar-refractivity contribution in [2.75, 3.05) is 32.7 Å². The molecule has 0 aromatic heterocycles. The number of amides is 1. The Labute approximate surface area is 193 Å². The molecular weight excluding hydrogens is 431 g/mol. The van der Waals surface area contributed by atoms with Crippen LogP contribution in [0.4, 0.5) is 18.0 Å². The van der Waals surface area contributed by atoms with Gasteiger partial charge in [-0.1, -0.05) is 18.2 Å². The molecule has 1 atom stereocenters. The molecule has 8 heteroatoms. The minimum atomic E-state index is -4.52. The summed E-state index contributed by atoms with van der Waals surface area (Å²) in [5.74, 6) is 0. The van der Waals surface area contributed by atoms with Crippen molar-refractivity contribution in [2.24, 2.45) is 5.41 Å². The van der Waals surface area contributed by atoms with Gasteiger partial charge in [-0.15, -0.1) is 0 Å². The first-order valence-corrected chi connectivity index (χ1v) is 12.3. The van der Waals surface area contributed by atoms with Gasteiger partial charge in [0.25, 0.3) is 0 Å². The minimum Gasteiger partial charge on any atom is -0.437 e. The maximum Gasteiger partial charge on any atom is 0.425 e. The molecule has 4 aliphatic rings. The quantitative estimate of drug-likeness (QED) is 0.652. The van der Waals surface area contributed by atoms with Crippen molar-refractivity contribution >= 4 is 6.09 Å². The summed E-state index contributed by atoms with van der Waals surface area (Å²) < 4.78 is 42.7. The fourth-order valence-corrected chi connectivity index (χ4v) is 5.84. The normalized spacial score (nSPS) is 24.7. The van der Waals surface area contributed by atoms with Crippen LogP contribution < -0.4 is 0 Å². The third-order valence-corrected chi connectivity index (χ3v) is 8.20. The number of benzene rings is 1. The van der Waals surface area contributed by atoms with Crippen LogP contribution in [0, 0.1) is 5.41 Å². The van der Waals surface area contributed by atoms with E-state index in [1.165, 1.54) is 41.0 Å². The number of hydrogen-bond acceptors (Lipinski definition) is 4. The van der Waals surface area contributed by atoms with Crippen molar-refractivity contribution in [3.05, 3.63) is 34.9 Å². The highest BCUT2D eigenvalue weighted by molar-refractivity contribution is 5.68. The van der Waals surface area contributed by atoms with Crippen molar-refractivity contribution in [1.82, 2.24) is 14.7 Å². The SMILES string of the molecule is CC(OC(=O)N1CCC2(CCN(Cc3cccc4c3CN(C3CC3)CC4)C2)CC1)C(F)(F)F. The maximum atomic E-state index is 12.7. The molecule has 1 amide bonds. The number of carbonyl (C=O) groups is 1. The summed E-state index contributed by atoms with van der Waals surface area (Å²) in [6.07, 6.45) is -0.901. The first-order valence-electron chi connectivity index (χ1n) is 12.3. The zero-order chi connectivity index (χ0) is 23.2. The maximum absolute atomic E-state index is 12.7. The van der Waals surface area contributed by atoms with Crippen LogP contribution in [0.25, 0.3) is 0 Å². The molecule has 5 rings (SSSR count). The van der Waals surface area contributed by atoms with Gasteiger partial charge in [0.2, 0.25) is 0 Å². The summed E-state index contributed by atoms with van der Waals surface area (Å²) in [7, 11) is 0. The Hall–Kier alpha value is -1.80. The molecule has 0 radical (unpaired) electrons. The summed E-state index contributed by atoms with van der Waals surface area (Å²) in [4.78, 5) is 18.8. The average Bonchev–Trinajstić information content (AvgIpc) is 3.56. The van der Waals surface area contributed by atoms with Crippen LogP contribution in [-0.4, -0.2) is 71.8 Å². The van der Waals surface area contributed by atoms with Gasteiger partial charge in [0, 0.05) is 45.3 Å². The van der Waals surface area contributed by atoms with E-state index >= 15 is 0 Å². The highest BCUT2D eigenvalue weighted by Crippen LogP contribution is 2.41. The Balaban J connectivity index is 1.16. The lowest BCUT2D eigenvalue weighted by molar-refractivity contribution is -0.200. The number of likely N-dealkylation sites (tertiary alicyclic amines) is 2. The smallest absolute Gasteiger partial charge is 0.425 e. The van der Waals surface area contributed by atoms with Gasteiger partial charge in [-0.25, -0.2) is 4.79 Å². The molecule has 1 aromatic rings. The Morgan fingerprint density at radius 2 is 1.88 bits per heavy atom. The van der Waals surface area contributed by atoms with Crippen LogP contribution in [0.15, 0.2) is 18.2 Å². The summed E-state index contributed by atoms with van der Waals surface area (Å²) in [5, 5.41) is 0. The zero-order valence-electron chi connectivity index (χ0n) is 19.4. The topological polar surface area (TPSA) is 36.0 Å². The molecule has 182 valence electrons. The predicted octanol–water partition coefficient (Wildman–Crippen LogP) is 4.58. The number of fused-ring (bicyclic) bond motifs is 1. The minimum absolute atomic E-state index is 0.154. The monoisotopic (exact) mass is 465 g/mol.